The Morgan fingerprint density at radius 2 is 2.05 bits per heavy atom. The fourth-order valence-corrected chi connectivity index (χ4v) is 2.70. The van der Waals surface area contributed by atoms with Gasteiger partial charge < -0.3 is 10.0 Å². The fraction of sp³-hybridized carbons (Fsp3) is 0.429. The number of carbonyl (C=O) groups excluding carboxylic acids is 1. The lowest BCUT2D eigenvalue weighted by Gasteiger charge is -2.21. The van der Waals surface area contributed by atoms with Gasteiger partial charge in [-0.1, -0.05) is 18.5 Å². The molecule has 0 spiro atoms. The van der Waals surface area contributed by atoms with E-state index in [0.717, 1.165) is 10.6 Å². The molecule has 0 aromatic heterocycles. The molecule has 4 nitrogen and oxygen atoms in total. The largest absolute Gasteiger partial charge is 0.481 e. The molecule has 6 heteroatoms. The van der Waals surface area contributed by atoms with E-state index in [4.69, 9.17) is 16.7 Å². The fourth-order valence-electron chi connectivity index (χ4n) is 1.75. The third kappa shape index (κ3) is 4.72. The Hall–Kier alpha value is -1.20. The minimum atomic E-state index is -0.912. The molecule has 0 aliphatic rings. The van der Waals surface area contributed by atoms with Gasteiger partial charge in [0.1, 0.15) is 0 Å². The van der Waals surface area contributed by atoms with Crippen LogP contribution in [0.3, 0.4) is 0 Å². The minimum Gasteiger partial charge on any atom is -0.481 e. The minimum absolute atomic E-state index is 0.0591. The monoisotopic (exact) mass is 315 g/mol. The lowest BCUT2D eigenvalue weighted by atomic mass is 10.2. The van der Waals surface area contributed by atoms with Gasteiger partial charge >= 0.3 is 5.97 Å². The van der Waals surface area contributed by atoms with Crippen molar-refractivity contribution in [1.82, 2.24) is 4.90 Å². The van der Waals surface area contributed by atoms with E-state index in [0.29, 0.717) is 17.1 Å². The number of hydrogen-bond donors (Lipinski definition) is 1. The topological polar surface area (TPSA) is 57.6 Å². The van der Waals surface area contributed by atoms with Crippen molar-refractivity contribution >= 4 is 35.2 Å². The summed E-state index contributed by atoms with van der Waals surface area (Å²) in [5.74, 6) is -0.235. The van der Waals surface area contributed by atoms with Gasteiger partial charge in [0.05, 0.1) is 12.0 Å². The number of carbonyl (C=O) groups is 2. The number of rotatable bonds is 7. The van der Waals surface area contributed by atoms with Gasteiger partial charge in [-0.15, -0.1) is 11.8 Å². The van der Waals surface area contributed by atoms with Crippen LogP contribution in [0.1, 0.15) is 30.6 Å². The Labute approximate surface area is 128 Å². The van der Waals surface area contributed by atoms with Gasteiger partial charge in [0.25, 0.3) is 5.91 Å². The van der Waals surface area contributed by atoms with Crippen LogP contribution in [0.25, 0.3) is 0 Å². The SMILES string of the molecule is CCSc1ccc(Cl)cc1C(=O)N(CC)CCC(=O)O. The first-order valence-corrected chi connectivity index (χ1v) is 7.79. The van der Waals surface area contributed by atoms with Crippen molar-refractivity contribution < 1.29 is 14.7 Å². The Morgan fingerprint density at radius 3 is 2.60 bits per heavy atom. The summed E-state index contributed by atoms with van der Waals surface area (Å²) in [6.07, 6.45) is -0.0591. The van der Waals surface area contributed by atoms with Crippen molar-refractivity contribution in [2.75, 3.05) is 18.8 Å². The number of benzene rings is 1. The number of hydrogen-bond acceptors (Lipinski definition) is 3. The molecule has 1 aromatic rings. The lowest BCUT2D eigenvalue weighted by molar-refractivity contribution is -0.137. The molecule has 1 amide bonds. The van der Waals surface area contributed by atoms with Crippen LogP contribution >= 0.6 is 23.4 Å². The number of nitrogens with zero attached hydrogens (tertiary/aromatic N) is 1. The summed E-state index contributed by atoms with van der Waals surface area (Å²) in [6.45, 7) is 4.51. The molecular formula is C14H18ClNO3S. The number of halogens is 1. The maximum absolute atomic E-state index is 12.5. The average Bonchev–Trinajstić information content (AvgIpc) is 2.41. The quantitative estimate of drug-likeness (QED) is 0.784. The van der Waals surface area contributed by atoms with E-state index in [2.05, 4.69) is 0 Å². The molecule has 0 aliphatic heterocycles. The maximum Gasteiger partial charge on any atom is 0.305 e. The summed E-state index contributed by atoms with van der Waals surface area (Å²) < 4.78 is 0. The zero-order chi connectivity index (χ0) is 15.1. The van der Waals surface area contributed by atoms with E-state index in [-0.39, 0.29) is 18.9 Å². The van der Waals surface area contributed by atoms with Crippen molar-refractivity contribution in [2.24, 2.45) is 0 Å². The van der Waals surface area contributed by atoms with Gasteiger partial charge in [0.15, 0.2) is 0 Å². The average molecular weight is 316 g/mol. The summed E-state index contributed by atoms with van der Waals surface area (Å²) >= 11 is 7.53. The van der Waals surface area contributed by atoms with Crippen molar-refractivity contribution in [3.8, 4) is 0 Å². The highest BCUT2D eigenvalue weighted by atomic mass is 35.5. The van der Waals surface area contributed by atoms with Gasteiger partial charge in [-0.3, -0.25) is 9.59 Å². The number of thioether (sulfide) groups is 1. The van der Waals surface area contributed by atoms with Crippen LogP contribution < -0.4 is 0 Å². The first-order valence-electron chi connectivity index (χ1n) is 6.43. The van der Waals surface area contributed by atoms with Gasteiger partial charge in [0.2, 0.25) is 0 Å². The number of aliphatic carboxylic acids is 1. The smallest absolute Gasteiger partial charge is 0.305 e. The molecule has 0 saturated heterocycles. The highest BCUT2D eigenvalue weighted by molar-refractivity contribution is 7.99. The van der Waals surface area contributed by atoms with Crippen LogP contribution in [0.4, 0.5) is 0 Å². The molecule has 0 heterocycles. The Morgan fingerprint density at radius 1 is 1.35 bits per heavy atom. The molecule has 1 rings (SSSR count). The molecule has 1 aromatic carbocycles. The molecule has 0 fully saturated rings. The van der Waals surface area contributed by atoms with Crippen LogP contribution in [0.2, 0.25) is 5.02 Å². The summed E-state index contributed by atoms with van der Waals surface area (Å²) in [4.78, 5) is 25.5. The van der Waals surface area contributed by atoms with Gasteiger partial charge in [-0.2, -0.15) is 0 Å². The molecule has 0 saturated carbocycles. The summed E-state index contributed by atoms with van der Waals surface area (Å²) in [7, 11) is 0. The Balaban J connectivity index is 2.98. The van der Waals surface area contributed by atoms with Crippen molar-refractivity contribution in [3.63, 3.8) is 0 Å². The van der Waals surface area contributed by atoms with Gasteiger partial charge in [-0.25, -0.2) is 0 Å². The van der Waals surface area contributed by atoms with Crippen LogP contribution in [0.15, 0.2) is 23.1 Å². The van der Waals surface area contributed by atoms with E-state index in [9.17, 15) is 9.59 Å². The van der Waals surface area contributed by atoms with E-state index in [1.54, 1.807) is 23.9 Å². The predicted molar refractivity (Wildman–Crippen MR) is 81.7 cm³/mol. The third-order valence-electron chi connectivity index (χ3n) is 2.74. The van der Waals surface area contributed by atoms with E-state index in [1.807, 2.05) is 19.9 Å². The maximum atomic E-state index is 12.5. The van der Waals surface area contributed by atoms with Gasteiger partial charge in [-0.05, 0) is 30.9 Å². The zero-order valence-corrected chi connectivity index (χ0v) is 13.1. The Bertz CT molecular complexity index is 493. The summed E-state index contributed by atoms with van der Waals surface area (Å²) in [6, 6.07) is 5.23. The molecule has 0 bridgehead atoms. The van der Waals surface area contributed by atoms with Crippen molar-refractivity contribution in [3.05, 3.63) is 28.8 Å². The molecule has 0 aliphatic carbocycles. The van der Waals surface area contributed by atoms with Gasteiger partial charge in [0, 0.05) is 23.0 Å². The van der Waals surface area contributed by atoms with Crippen LogP contribution in [-0.4, -0.2) is 40.7 Å². The highest BCUT2D eigenvalue weighted by Crippen LogP contribution is 2.26. The van der Waals surface area contributed by atoms with Crippen molar-refractivity contribution in [2.45, 2.75) is 25.2 Å². The zero-order valence-electron chi connectivity index (χ0n) is 11.6. The molecule has 0 unspecified atom stereocenters. The standard InChI is InChI=1S/C14H18ClNO3S/c1-3-16(8-7-13(17)18)14(19)11-9-10(15)5-6-12(11)20-4-2/h5-6,9H,3-4,7-8H2,1-2H3,(H,17,18). The lowest BCUT2D eigenvalue weighted by Crippen LogP contribution is -2.33. The molecule has 20 heavy (non-hydrogen) atoms. The number of carboxylic acids is 1. The molecule has 0 radical (unpaired) electrons. The molecule has 110 valence electrons. The predicted octanol–water partition coefficient (Wildman–Crippen LogP) is 3.39. The van der Waals surface area contributed by atoms with E-state index >= 15 is 0 Å². The molecule has 1 N–H and O–H groups in total. The summed E-state index contributed by atoms with van der Waals surface area (Å²) in [5.41, 5.74) is 0.539. The first kappa shape index (κ1) is 16.9. The Kier molecular flexibility index (Phi) is 6.88. The third-order valence-corrected chi connectivity index (χ3v) is 3.93. The number of carboxylic acid groups (broad SMARTS) is 1. The van der Waals surface area contributed by atoms with E-state index < -0.39 is 5.97 Å². The second-order valence-corrected chi connectivity index (χ2v) is 5.84. The van der Waals surface area contributed by atoms with E-state index in [1.165, 1.54) is 4.90 Å². The summed E-state index contributed by atoms with van der Waals surface area (Å²) in [5, 5.41) is 9.23. The molecule has 0 atom stereocenters. The highest BCUT2D eigenvalue weighted by Gasteiger charge is 2.19. The van der Waals surface area contributed by atoms with Crippen LogP contribution in [-0.2, 0) is 4.79 Å². The van der Waals surface area contributed by atoms with Crippen molar-refractivity contribution in [1.29, 1.82) is 0 Å². The molecular weight excluding hydrogens is 298 g/mol. The number of amides is 1. The van der Waals surface area contributed by atoms with Crippen LogP contribution in [0, 0.1) is 0 Å². The second kappa shape index (κ2) is 8.17. The normalized spacial score (nSPS) is 10.3. The second-order valence-electron chi connectivity index (χ2n) is 4.10. The first-order chi connectivity index (χ1) is 9.49. The van der Waals surface area contributed by atoms with Crippen LogP contribution in [0.5, 0.6) is 0 Å².